The van der Waals surface area contributed by atoms with Gasteiger partial charge in [-0.1, -0.05) is 26.0 Å². The number of thiazole rings is 1. The van der Waals surface area contributed by atoms with Crippen molar-refractivity contribution in [3.8, 4) is 0 Å². The van der Waals surface area contributed by atoms with E-state index in [2.05, 4.69) is 15.6 Å². The smallest absolute Gasteiger partial charge is 0.408 e. The minimum absolute atomic E-state index is 0.0673. The SMILES string of the molecule is CC(C)OC(=O)N[C@H](C(=O)N[C@H](C)c1nc2ccccc2s1)C(C)C. The van der Waals surface area contributed by atoms with E-state index in [0.717, 1.165) is 15.2 Å². The second kappa shape index (κ2) is 8.29. The van der Waals surface area contributed by atoms with Crippen LogP contribution >= 0.6 is 11.3 Å². The van der Waals surface area contributed by atoms with Crippen molar-refractivity contribution in [1.29, 1.82) is 0 Å². The van der Waals surface area contributed by atoms with Crippen molar-refractivity contribution in [3.63, 3.8) is 0 Å². The molecular weight excluding hydrogens is 338 g/mol. The number of amides is 2. The van der Waals surface area contributed by atoms with E-state index in [9.17, 15) is 9.59 Å². The van der Waals surface area contributed by atoms with Gasteiger partial charge in [-0.2, -0.15) is 0 Å². The molecule has 1 aromatic carbocycles. The fourth-order valence-corrected chi connectivity index (χ4v) is 3.32. The molecule has 0 saturated heterocycles. The summed E-state index contributed by atoms with van der Waals surface area (Å²) in [5.74, 6) is -0.315. The molecule has 25 heavy (non-hydrogen) atoms. The maximum Gasteiger partial charge on any atom is 0.408 e. The molecule has 2 amide bonds. The summed E-state index contributed by atoms with van der Waals surface area (Å²) in [5.41, 5.74) is 0.919. The molecule has 1 aromatic heterocycles. The van der Waals surface area contributed by atoms with Crippen LogP contribution in [0, 0.1) is 5.92 Å². The molecular formula is C18H25N3O3S. The first-order chi connectivity index (χ1) is 11.8. The lowest BCUT2D eigenvalue weighted by Crippen LogP contribution is -2.50. The first-order valence-electron chi connectivity index (χ1n) is 8.41. The van der Waals surface area contributed by atoms with Crippen molar-refractivity contribution in [2.45, 2.75) is 52.8 Å². The molecule has 0 aliphatic heterocycles. The minimum atomic E-state index is -0.664. The van der Waals surface area contributed by atoms with Crippen molar-refractivity contribution in [2.24, 2.45) is 5.92 Å². The number of fused-ring (bicyclic) bond motifs is 1. The first kappa shape index (κ1) is 19.2. The largest absolute Gasteiger partial charge is 0.447 e. The van der Waals surface area contributed by atoms with Gasteiger partial charge in [0.25, 0.3) is 0 Å². The van der Waals surface area contributed by atoms with Crippen LogP contribution in [0.15, 0.2) is 24.3 Å². The number of carbonyl (C=O) groups is 2. The predicted octanol–water partition coefficient (Wildman–Crippen LogP) is 3.63. The molecule has 2 aromatic rings. The van der Waals surface area contributed by atoms with Gasteiger partial charge in [-0.15, -0.1) is 11.3 Å². The van der Waals surface area contributed by atoms with Crippen molar-refractivity contribution in [2.75, 3.05) is 0 Å². The van der Waals surface area contributed by atoms with Gasteiger partial charge in [0.05, 0.1) is 22.4 Å². The number of alkyl carbamates (subject to hydrolysis) is 1. The Kier molecular flexibility index (Phi) is 6.36. The number of para-hydroxylation sites is 1. The van der Waals surface area contributed by atoms with Crippen LogP contribution in [0.3, 0.4) is 0 Å². The van der Waals surface area contributed by atoms with Crippen molar-refractivity contribution >= 4 is 33.6 Å². The lowest BCUT2D eigenvalue weighted by atomic mass is 10.0. The summed E-state index contributed by atoms with van der Waals surface area (Å²) in [4.78, 5) is 29.0. The fraction of sp³-hybridized carbons (Fsp3) is 0.500. The number of nitrogens with zero attached hydrogens (tertiary/aromatic N) is 1. The molecule has 136 valence electrons. The van der Waals surface area contributed by atoms with Crippen LogP contribution in [-0.2, 0) is 9.53 Å². The van der Waals surface area contributed by atoms with E-state index >= 15 is 0 Å². The molecule has 0 bridgehead atoms. The quantitative estimate of drug-likeness (QED) is 0.821. The summed E-state index contributed by atoms with van der Waals surface area (Å²) in [6.45, 7) is 9.17. The highest BCUT2D eigenvalue weighted by atomic mass is 32.1. The standard InChI is InChI=1S/C18H25N3O3S/c1-10(2)15(21-18(23)24-11(3)4)16(22)19-12(5)17-20-13-8-6-7-9-14(13)25-17/h6-12,15H,1-5H3,(H,19,22)(H,21,23)/t12-,15+/m1/s1. The van der Waals surface area contributed by atoms with E-state index in [1.165, 1.54) is 0 Å². The van der Waals surface area contributed by atoms with Gasteiger partial charge in [-0.3, -0.25) is 4.79 Å². The summed E-state index contributed by atoms with van der Waals surface area (Å²) < 4.78 is 6.15. The number of carbonyl (C=O) groups excluding carboxylic acids is 2. The molecule has 2 rings (SSSR count). The van der Waals surface area contributed by atoms with Crippen molar-refractivity contribution < 1.29 is 14.3 Å². The molecule has 0 saturated carbocycles. The number of rotatable bonds is 6. The zero-order chi connectivity index (χ0) is 18.6. The van der Waals surface area contributed by atoms with E-state index in [4.69, 9.17) is 4.74 Å². The molecule has 0 radical (unpaired) electrons. The van der Waals surface area contributed by atoms with Crippen LogP contribution in [0.2, 0.25) is 0 Å². The second-order valence-electron chi connectivity index (χ2n) is 6.57. The Balaban J connectivity index is 2.05. The van der Waals surface area contributed by atoms with Gasteiger partial charge in [0.2, 0.25) is 5.91 Å². The third kappa shape index (κ3) is 5.16. The van der Waals surface area contributed by atoms with Gasteiger partial charge in [-0.05, 0) is 38.8 Å². The van der Waals surface area contributed by atoms with E-state index in [0.29, 0.717) is 0 Å². The summed E-state index contributed by atoms with van der Waals surface area (Å²) in [6.07, 6.45) is -0.825. The van der Waals surface area contributed by atoms with Crippen LogP contribution in [0.25, 0.3) is 10.2 Å². The van der Waals surface area contributed by atoms with Crippen LogP contribution in [-0.4, -0.2) is 29.1 Å². The molecule has 0 aliphatic carbocycles. The second-order valence-corrected chi connectivity index (χ2v) is 7.63. The number of hydrogen-bond acceptors (Lipinski definition) is 5. The van der Waals surface area contributed by atoms with Gasteiger partial charge < -0.3 is 15.4 Å². The van der Waals surface area contributed by atoms with E-state index in [1.54, 1.807) is 25.2 Å². The van der Waals surface area contributed by atoms with Crippen LogP contribution in [0.1, 0.15) is 45.7 Å². The molecule has 0 fully saturated rings. The summed E-state index contributed by atoms with van der Waals surface area (Å²) in [7, 11) is 0. The summed E-state index contributed by atoms with van der Waals surface area (Å²) in [5, 5.41) is 6.41. The minimum Gasteiger partial charge on any atom is -0.447 e. The van der Waals surface area contributed by atoms with E-state index in [-0.39, 0.29) is 24.0 Å². The molecule has 6 nitrogen and oxygen atoms in total. The number of benzene rings is 1. The Bertz CT molecular complexity index is 709. The lowest BCUT2D eigenvalue weighted by molar-refractivity contribution is -0.124. The molecule has 2 atom stereocenters. The van der Waals surface area contributed by atoms with Crippen LogP contribution < -0.4 is 10.6 Å². The number of ether oxygens (including phenoxy) is 1. The molecule has 7 heteroatoms. The predicted molar refractivity (Wildman–Crippen MR) is 99.6 cm³/mol. The van der Waals surface area contributed by atoms with Crippen LogP contribution in [0.4, 0.5) is 4.79 Å². The Hall–Kier alpha value is -2.15. The third-order valence-electron chi connectivity index (χ3n) is 3.60. The van der Waals surface area contributed by atoms with Crippen molar-refractivity contribution in [1.82, 2.24) is 15.6 Å². The Morgan fingerprint density at radius 1 is 1.08 bits per heavy atom. The Morgan fingerprint density at radius 2 is 1.76 bits per heavy atom. The molecule has 0 aliphatic rings. The highest BCUT2D eigenvalue weighted by molar-refractivity contribution is 7.18. The first-order valence-corrected chi connectivity index (χ1v) is 9.22. The van der Waals surface area contributed by atoms with Gasteiger partial charge in [0.1, 0.15) is 11.0 Å². The highest BCUT2D eigenvalue weighted by Gasteiger charge is 2.27. The average molecular weight is 363 g/mol. The van der Waals surface area contributed by atoms with Gasteiger partial charge >= 0.3 is 6.09 Å². The van der Waals surface area contributed by atoms with Gasteiger partial charge in [0.15, 0.2) is 0 Å². The third-order valence-corrected chi connectivity index (χ3v) is 4.82. The normalized spacial score (nSPS) is 13.7. The average Bonchev–Trinajstić information content (AvgIpc) is 2.95. The fourth-order valence-electron chi connectivity index (χ4n) is 2.35. The van der Waals surface area contributed by atoms with Crippen LogP contribution in [0.5, 0.6) is 0 Å². The topological polar surface area (TPSA) is 80.3 Å². The zero-order valence-corrected chi connectivity index (χ0v) is 16.0. The zero-order valence-electron chi connectivity index (χ0n) is 15.2. The summed E-state index contributed by atoms with van der Waals surface area (Å²) in [6, 6.07) is 6.95. The maximum atomic E-state index is 12.6. The highest BCUT2D eigenvalue weighted by Crippen LogP contribution is 2.26. The van der Waals surface area contributed by atoms with Gasteiger partial charge in [-0.25, -0.2) is 9.78 Å². The Labute approximate surface area is 152 Å². The maximum absolute atomic E-state index is 12.6. The molecule has 0 unspecified atom stereocenters. The number of hydrogen-bond donors (Lipinski definition) is 2. The van der Waals surface area contributed by atoms with E-state index < -0.39 is 12.1 Å². The van der Waals surface area contributed by atoms with Gasteiger partial charge in [0, 0.05) is 0 Å². The monoisotopic (exact) mass is 363 g/mol. The molecule has 0 spiro atoms. The number of aromatic nitrogens is 1. The van der Waals surface area contributed by atoms with Crippen molar-refractivity contribution in [3.05, 3.63) is 29.3 Å². The Morgan fingerprint density at radius 3 is 2.36 bits per heavy atom. The molecule has 1 heterocycles. The lowest BCUT2D eigenvalue weighted by Gasteiger charge is -2.23. The van der Waals surface area contributed by atoms with E-state index in [1.807, 2.05) is 45.0 Å². The summed E-state index contributed by atoms with van der Waals surface area (Å²) >= 11 is 1.55. The number of nitrogens with one attached hydrogen (secondary N) is 2. The molecule has 2 N–H and O–H groups in total.